The number of nitrogens with zero attached hydrogens (tertiary/aromatic N) is 1. The monoisotopic (exact) mass is 800 g/mol. The third kappa shape index (κ3) is 71.1. The molecule has 1 aromatic carbocycles. The highest BCUT2D eigenvalue weighted by atomic mass is 16.6. The molecule has 0 saturated carbocycles. The minimum absolute atomic E-state index is 0.147. The molecule has 3 N–H and O–H groups in total. The van der Waals surface area contributed by atoms with Crippen LogP contribution in [0.1, 0.15) is 32.3 Å². The number of nitrogens with two attached hydrogens (primary N) is 1. The zero-order valence-electron chi connectivity index (χ0n) is 33.0. The summed E-state index contributed by atoms with van der Waals surface area (Å²) in [5.41, 5.74) is 5.51. The molecule has 1 heterocycles. The third-order valence-electron chi connectivity index (χ3n) is 4.57. The van der Waals surface area contributed by atoms with Crippen LogP contribution in [0.5, 0.6) is 0 Å². The molecule has 1 aliphatic rings. The molecule has 0 aliphatic carbocycles. The van der Waals surface area contributed by atoms with Crippen LogP contribution in [0.3, 0.4) is 0 Å². The molecule has 1 unspecified atom stereocenters. The number of hydrogen-bond donors (Lipinski definition) is 2. The summed E-state index contributed by atoms with van der Waals surface area (Å²) < 4.78 is 27.5. The predicted octanol–water partition coefficient (Wildman–Crippen LogP) is 5.24. The Morgan fingerprint density at radius 1 is 0.754 bits per heavy atom. The summed E-state index contributed by atoms with van der Waals surface area (Å²) in [4.78, 5) is 70.0. The quantitative estimate of drug-likeness (QED) is 0.0575. The number of primary amides is 1. The van der Waals surface area contributed by atoms with Crippen molar-refractivity contribution in [3.8, 4) is 6.07 Å². The fourth-order valence-corrected chi connectivity index (χ4v) is 1.85. The van der Waals surface area contributed by atoms with Crippen molar-refractivity contribution in [3.05, 3.63) is 137 Å². The maximum atomic E-state index is 10.6. The van der Waals surface area contributed by atoms with Crippen LogP contribution in [0.15, 0.2) is 132 Å². The molecule has 1 fully saturated rings. The van der Waals surface area contributed by atoms with Gasteiger partial charge in [0.25, 0.3) is 0 Å². The predicted molar refractivity (Wildman–Crippen MR) is 215 cm³/mol. The lowest BCUT2D eigenvalue weighted by Gasteiger charge is -2.00. The topological polar surface area (TPSA) is 248 Å². The SMILES string of the molecule is C=CC#N.C=CC(=O)O.C=CC(=O)OC.C=CC(=O)OCC.C=CC(=O)OCC1CO1.C=CC(=O)OCCCC.C=CC(=O)OCc1ccccc1.C=CC(N)=O. The van der Waals surface area contributed by atoms with Gasteiger partial charge in [0.15, 0.2) is 0 Å². The normalized spacial score (nSPS) is 9.89. The number of carboxylic acids is 1. The minimum Gasteiger partial charge on any atom is -0.478 e. The van der Waals surface area contributed by atoms with E-state index in [0.717, 1.165) is 54.9 Å². The lowest BCUT2D eigenvalue weighted by atomic mass is 10.2. The second-order valence-electron chi connectivity index (χ2n) is 8.98. The zero-order chi connectivity index (χ0) is 45.3. The number of carboxylic acid groups (broad SMARTS) is 1. The van der Waals surface area contributed by atoms with Crippen LogP contribution >= 0.6 is 0 Å². The second-order valence-corrected chi connectivity index (χ2v) is 8.98. The van der Waals surface area contributed by atoms with Crippen LogP contribution < -0.4 is 5.73 Å². The molecule has 1 amide bonds. The molecule has 0 bridgehead atoms. The molecule has 1 saturated heterocycles. The molecule has 1 aromatic rings. The van der Waals surface area contributed by atoms with Gasteiger partial charge >= 0.3 is 35.8 Å². The lowest BCUT2D eigenvalue weighted by molar-refractivity contribution is -0.139. The number of epoxide rings is 1. The smallest absolute Gasteiger partial charge is 0.330 e. The van der Waals surface area contributed by atoms with Crippen molar-refractivity contribution >= 4 is 41.7 Å². The van der Waals surface area contributed by atoms with Gasteiger partial charge in [-0.1, -0.05) is 96.3 Å². The maximum absolute atomic E-state index is 10.6. The number of esters is 5. The molecule has 0 radical (unpaired) electrons. The Morgan fingerprint density at radius 2 is 1.16 bits per heavy atom. The van der Waals surface area contributed by atoms with Crippen molar-refractivity contribution in [2.75, 3.05) is 33.5 Å². The number of nitriles is 1. The van der Waals surface area contributed by atoms with Crippen LogP contribution in [0, 0.1) is 11.3 Å². The van der Waals surface area contributed by atoms with Crippen LogP contribution in [0.2, 0.25) is 0 Å². The number of rotatable bonds is 15. The summed E-state index contributed by atoms with van der Waals surface area (Å²) in [5, 5.41) is 15.1. The van der Waals surface area contributed by atoms with E-state index >= 15 is 0 Å². The van der Waals surface area contributed by atoms with Gasteiger partial charge in [0.1, 0.15) is 19.3 Å². The molecule has 0 aromatic heterocycles. The number of aliphatic carboxylic acids is 1. The first kappa shape index (κ1) is 61.9. The van der Waals surface area contributed by atoms with Gasteiger partial charge in [-0.25, -0.2) is 28.8 Å². The average Bonchev–Trinajstić information content (AvgIpc) is 4.08. The van der Waals surface area contributed by atoms with Crippen LogP contribution in [0.25, 0.3) is 0 Å². The van der Waals surface area contributed by atoms with E-state index in [1.165, 1.54) is 19.3 Å². The van der Waals surface area contributed by atoms with E-state index in [9.17, 15) is 33.6 Å². The summed E-state index contributed by atoms with van der Waals surface area (Å²) in [7, 11) is 1.31. The first-order valence-corrected chi connectivity index (χ1v) is 16.3. The number of benzene rings is 1. The van der Waals surface area contributed by atoms with Gasteiger partial charge < -0.3 is 39.3 Å². The summed E-state index contributed by atoms with van der Waals surface area (Å²) in [6, 6.07) is 11.2. The van der Waals surface area contributed by atoms with Gasteiger partial charge in [0, 0.05) is 42.5 Å². The third-order valence-corrected chi connectivity index (χ3v) is 4.57. The molecule has 16 heteroatoms. The number of amides is 1. The number of ether oxygens (including phenoxy) is 6. The van der Waals surface area contributed by atoms with E-state index in [1.54, 1.807) is 13.0 Å². The Morgan fingerprint density at radius 3 is 1.44 bits per heavy atom. The number of carbonyl (C=O) groups excluding carboxylic acids is 6. The first-order chi connectivity index (χ1) is 27.0. The van der Waals surface area contributed by atoms with E-state index in [-0.39, 0.29) is 30.0 Å². The number of hydrogen-bond acceptors (Lipinski definition) is 14. The Hall–Kier alpha value is -7.12. The first-order valence-electron chi connectivity index (χ1n) is 16.3. The zero-order valence-corrected chi connectivity index (χ0v) is 33.0. The number of allylic oxidation sites excluding steroid dienone is 1. The second kappa shape index (κ2) is 51.0. The molecule has 314 valence electrons. The van der Waals surface area contributed by atoms with Crippen molar-refractivity contribution in [1.29, 1.82) is 5.26 Å². The number of unbranched alkanes of at least 4 members (excludes halogenated alkanes) is 1. The van der Waals surface area contributed by atoms with Crippen LogP contribution in [-0.2, 0) is 68.6 Å². The van der Waals surface area contributed by atoms with Crippen LogP contribution in [-0.4, -0.2) is 86.5 Å². The van der Waals surface area contributed by atoms with Crippen molar-refractivity contribution in [1.82, 2.24) is 0 Å². The summed E-state index contributed by atoms with van der Waals surface area (Å²) in [6.45, 7) is 31.5. The fraction of sp³-hybridized carbons (Fsp3) is 0.268. The molecule has 1 aliphatic heterocycles. The van der Waals surface area contributed by atoms with Crippen molar-refractivity contribution in [2.45, 2.75) is 39.4 Å². The van der Waals surface area contributed by atoms with Gasteiger partial charge in [-0.05, 0) is 25.0 Å². The molecular weight excluding hydrogens is 744 g/mol. The fourth-order valence-electron chi connectivity index (χ4n) is 1.85. The highest BCUT2D eigenvalue weighted by Crippen LogP contribution is 2.08. The Kier molecular flexibility index (Phi) is 55.4. The van der Waals surface area contributed by atoms with Gasteiger partial charge in [0.2, 0.25) is 5.91 Å². The van der Waals surface area contributed by atoms with E-state index in [2.05, 4.69) is 77.3 Å². The van der Waals surface area contributed by atoms with E-state index in [1.807, 2.05) is 37.3 Å². The van der Waals surface area contributed by atoms with Crippen molar-refractivity contribution in [2.24, 2.45) is 5.73 Å². The number of carbonyl (C=O) groups is 7. The van der Waals surface area contributed by atoms with Crippen molar-refractivity contribution < 1.29 is 67.1 Å². The summed E-state index contributed by atoms with van der Waals surface area (Å²) in [5.74, 6) is -3.32. The molecule has 2 rings (SSSR count). The largest absolute Gasteiger partial charge is 0.478 e. The molecule has 16 nitrogen and oxygen atoms in total. The number of methoxy groups -OCH3 is 1. The van der Waals surface area contributed by atoms with E-state index in [0.29, 0.717) is 33.0 Å². The van der Waals surface area contributed by atoms with Gasteiger partial charge in [-0.15, -0.1) is 0 Å². The molecule has 57 heavy (non-hydrogen) atoms. The standard InChI is InChI=1S/C10H10O2.C7H12O2.C6H8O3.C5H8O2.C4H6O2.C3H5NO.C3H3N.C3H4O2/c1-2-10(11)12-8-9-6-4-3-5-7-9;1-3-5-6-9-7(8)4-2;1-2-6(7)9-4-5-3-8-5;1-3-5(6)7-4-2;1-3-4(5)6-2;1-2-3(4)5;1-2-3-4;1-2-3(4)5/h2-7H,1,8H2;4H,2-3,5-6H2,1H3;2,5H,1,3-4H2;3H,1,4H2,2H3;3H,1H2,2H3;2H,1H2,(H2,4,5);2H,1H2;2H,1H2,(H,4,5). The van der Waals surface area contributed by atoms with E-state index < -0.39 is 17.8 Å². The lowest BCUT2D eigenvalue weighted by Crippen LogP contribution is -2.06. The molecule has 1 atom stereocenters. The van der Waals surface area contributed by atoms with Gasteiger partial charge in [-0.3, -0.25) is 4.79 Å². The Bertz CT molecular complexity index is 1390. The Balaban J connectivity index is -0.000000134. The van der Waals surface area contributed by atoms with E-state index in [4.69, 9.17) is 19.8 Å². The maximum Gasteiger partial charge on any atom is 0.330 e. The summed E-state index contributed by atoms with van der Waals surface area (Å²) >= 11 is 0. The summed E-state index contributed by atoms with van der Waals surface area (Å²) in [6.07, 6.45) is 10.9. The highest BCUT2D eigenvalue weighted by Gasteiger charge is 2.23. The molecular formula is C41H56N2O14. The average molecular weight is 801 g/mol. The van der Waals surface area contributed by atoms with Crippen molar-refractivity contribution in [3.63, 3.8) is 0 Å². The van der Waals surface area contributed by atoms with Gasteiger partial charge in [-0.2, -0.15) is 5.26 Å². The highest BCUT2D eigenvalue weighted by molar-refractivity contribution is 5.85. The van der Waals surface area contributed by atoms with Crippen LogP contribution in [0.4, 0.5) is 0 Å². The Labute approximate surface area is 335 Å². The van der Waals surface area contributed by atoms with Gasteiger partial charge in [0.05, 0.1) is 33.0 Å². The molecule has 0 spiro atoms. The minimum atomic E-state index is -0.981.